The normalized spacial score (nSPS) is 14.7. The van der Waals surface area contributed by atoms with Crippen molar-refractivity contribution in [1.82, 2.24) is 4.90 Å². The molecule has 2 amide bonds. The Morgan fingerprint density at radius 1 is 0.825 bits per heavy atom. The predicted molar refractivity (Wildman–Crippen MR) is 154 cm³/mol. The number of hydrogen-bond donors (Lipinski definition) is 1. The fourth-order valence-electron chi connectivity index (χ4n) is 4.28. The van der Waals surface area contributed by atoms with E-state index >= 15 is 0 Å². The second kappa shape index (κ2) is 13.0. The van der Waals surface area contributed by atoms with Gasteiger partial charge >= 0.3 is 11.9 Å². The maximum atomic E-state index is 13.7. The summed E-state index contributed by atoms with van der Waals surface area (Å²) in [6, 6.07) is 21.4. The summed E-state index contributed by atoms with van der Waals surface area (Å²) in [7, 11) is 0. The van der Waals surface area contributed by atoms with Gasteiger partial charge in [-0.15, -0.1) is 0 Å². The molecule has 40 heavy (non-hydrogen) atoms. The van der Waals surface area contributed by atoms with Crippen LogP contribution in [0.4, 0.5) is 11.4 Å². The zero-order chi connectivity index (χ0) is 28.6. The van der Waals surface area contributed by atoms with Gasteiger partial charge in [0.05, 0.1) is 36.4 Å². The fourth-order valence-corrected chi connectivity index (χ4v) is 4.67. The number of carbonyl (C=O) groups excluding carboxylic acids is 4. The molecular formula is C30H29N3O6S. The average Bonchev–Trinajstić information content (AvgIpc) is 3.18. The molecule has 3 aromatic rings. The molecule has 1 unspecified atom stereocenters. The molecule has 0 bridgehead atoms. The highest BCUT2D eigenvalue weighted by Crippen LogP contribution is 2.29. The molecule has 0 radical (unpaired) electrons. The number of ether oxygens (including phenoxy) is 2. The van der Waals surface area contributed by atoms with Crippen LogP contribution in [0.2, 0.25) is 0 Å². The third-order valence-corrected chi connectivity index (χ3v) is 6.63. The summed E-state index contributed by atoms with van der Waals surface area (Å²) >= 11 is 5.73. The van der Waals surface area contributed by atoms with Crippen LogP contribution < -0.4 is 10.2 Å². The molecule has 206 valence electrons. The molecule has 0 saturated carbocycles. The maximum Gasteiger partial charge on any atom is 0.338 e. The van der Waals surface area contributed by atoms with Crippen molar-refractivity contribution < 1.29 is 28.7 Å². The van der Waals surface area contributed by atoms with Crippen molar-refractivity contribution in [2.75, 3.05) is 23.4 Å². The first-order chi connectivity index (χ1) is 19.3. The molecule has 1 aliphatic rings. The Balaban J connectivity index is 1.54. The first-order valence-corrected chi connectivity index (χ1v) is 13.3. The Morgan fingerprint density at radius 3 is 1.93 bits per heavy atom. The van der Waals surface area contributed by atoms with Crippen LogP contribution in [0.25, 0.3) is 0 Å². The van der Waals surface area contributed by atoms with E-state index in [2.05, 4.69) is 5.32 Å². The number of carbonyl (C=O) groups is 4. The van der Waals surface area contributed by atoms with E-state index in [1.54, 1.807) is 67.3 Å². The molecule has 1 atom stereocenters. The number of thiocarbonyl (C=S) groups is 1. The molecule has 10 heteroatoms. The maximum absolute atomic E-state index is 13.7. The van der Waals surface area contributed by atoms with Gasteiger partial charge < -0.3 is 19.7 Å². The first-order valence-electron chi connectivity index (χ1n) is 12.8. The Kier molecular flexibility index (Phi) is 9.23. The summed E-state index contributed by atoms with van der Waals surface area (Å²) in [5.74, 6) is -1.64. The van der Waals surface area contributed by atoms with E-state index in [1.165, 1.54) is 4.90 Å². The van der Waals surface area contributed by atoms with Gasteiger partial charge in [0, 0.05) is 12.2 Å². The molecule has 4 rings (SSSR count). The van der Waals surface area contributed by atoms with Crippen LogP contribution >= 0.6 is 12.2 Å². The Morgan fingerprint density at radius 2 is 1.38 bits per heavy atom. The van der Waals surface area contributed by atoms with Crippen molar-refractivity contribution in [2.45, 2.75) is 32.9 Å². The van der Waals surface area contributed by atoms with Crippen LogP contribution in [0.3, 0.4) is 0 Å². The lowest BCUT2D eigenvalue weighted by Gasteiger charge is -2.24. The summed E-state index contributed by atoms with van der Waals surface area (Å²) in [6.07, 6.45) is -0.150. The van der Waals surface area contributed by atoms with Crippen LogP contribution in [0.5, 0.6) is 0 Å². The van der Waals surface area contributed by atoms with E-state index in [0.29, 0.717) is 29.0 Å². The zero-order valence-corrected chi connectivity index (χ0v) is 23.0. The molecular weight excluding hydrogens is 530 g/mol. The number of benzene rings is 3. The summed E-state index contributed by atoms with van der Waals surface area (Å²) in [6.45, 7) is 4.30. The molecule has 1 aliphatic heterocycles. The molecule has 0 aromatic heterocycles. The Labute approximate surface area is 237 Å². The number of nitrogens with zero attached hydrogens (tertiary/aromatic N) is 2. The van der Waals surface area contributed by atoms with Crippen molar-refractivity contribution in [2.24, 2.45) is 0 Å². The smallest absolute Gasteiger partial charge is 0.338 e. The largest absolute Gasteiger partial charge is 0.462 e. The van der Waals surface area contributed by atoms with E-state index in [4.69, 9.17) is 21.7 Å². The number of hydrogen-bond acceptors (Lipinski definition) is 7. The molecule has 1 heterocycles. The molecule has 1 fully saturated rings. The predicted octanol–water partition coefficient (Wildman–Crippen LogP) is 4.57. The minimum absolute atomic E-state index is 0.150. The number of amides is 2. The van der Waals surface area contributed by atoms with Crippen LogP contribution in [-0.2, 0) is 25.6 Å². The summed E-state index contributed by atoms with van der Waals surface area (Å²) in [4.78, 5) is 53.8. The fraction of sp³-hybridized carbons (Fsp3) is 0.233. The third-order valence-electron chi connectivity index (χ3n) is 6.21. The van der Waals surface area contributed by atoms with Gasteiger partial charge in [-0.1, -0.05) is 30.3 Å². The lowest BCUT2D eigenvalue weighted by molar-refractivity contribution is -0.124. The van der Waals surface area contributed by atoms with Crippen molar-refractivity contribution in [3.63, 3.8) is 0 Å². The van der Waals surface area contributed by atoms with E-state index in [0.717, 1.165) is 5.56 Å². The number of anilines is 2. The van der Waals surface area contributed by atoms with Crippen LogP contribution in [0.1, 0.15) is 46.5 Å². The van der Waals surface area contributed by atoms with Gasteiger partial charge in [0.25, 0.3) is 5.91 Å². The van der Waals surface area contributed by atoms with Gasteiger partial charge in [0.1, 0.15) is 6.04 Å². The Bertz CT molecular complexity index is 1390. The van der Waals surface area contributed by atoms with Gasteiger partial charge in [-0.2, -0.15) is 0 Å². The van der Waals surface area contributed by atoms with Gasteiger partial charge in [-0.05, 0) is 80.2 Å². The van der Waals surface area contributed by atoms with Gasteiger partial charge in [-0.25, -0.2) is 9.59 Å². The zero-order valence-electron chi connectivity index (χ0n) is 22.2. The van der Waals surface area contributed by atoms with Gasteiger partial charge in [0.15, 0.2) is 5.11 Å². The number of rotatable bonds is 10. The second-order valence-corrected chi connectivity index (χ2v) is 9.27. The summed E-state index contributed by atoms with van der Waals surface area (Å²) in [5, 5.41) is 3.05. The standard InChI is InChI=1S/C30H29N3O6S/c1-3-38-28(36)21-10-14-23(15-11-21)31-26(34)18-25-27(35)33(24-16-12-22(13-17-24)29(37)39-4-2)30(40)32(25)19-20-8-6-5-7-9-20/h5-17,25H,3-4,18-19H2,1-2H3,(H,31,34). The minimum atomic E-state index is -0.851. The van der Waals surface area contributed by atoms with E-state index in [9.17, 15) is 19.2 Å². The first kappa shape index (κ1) is 28.4. The molecule has 0 spiro atoms. The van der Waals surface area contributed by atoms with E-state index in [-0.39, 0.29) is 36.6 Å². The number of nitrogens with one attached hydrogen (secondary N) is 1. The highest BCUT2D eigenvalue weighted by Gasteiger charge is 2.44. The lowest BCUT2D eigenvalue weighted by Crippen LogP contribution is -2.37. The van der Waals surface area contributed by atoms with Crippen molar-refractivity contribution in [1.29, 1.82) is 0 Å². The van der Waals surface area contributed by atoms with Crippen LogP contribution in [0, 0.1) is 0 Å². The van der Waals surface area contributed by atoms with Crippen molar-refractivity contribution >= 4 is 52.5 Å². The van der Waals surface area contributed by atoms with Crippen molar-refractivity contribution in [3.8, 4) is 0 Å². The second-order valence-electron chi connectivity index (χ2n) is 8.90. The average molecular weight is 560 g/mol. The van der Waals surface area contributed by atoms with E-state index in [1.807, 2.05) is 30.3 Å². The topological polar surface area (TPSA) is 105 Å². The monoisotopic (exact) mass is 559 g/mol. The quantitative estimate of drug-likeness (QED) is 0.285. The third kappa shape index (κ3) is 6.52. The Hall–Kier alpha value is -4.57. The SMILES string of the molecule is CCOC(=O)c1ccc(NC(=O)CC2C(=O)N(c3ccc(C(=O)OCC)cc3)C(=S)N2Cc2ccccc2)cc1. The lowest BCUT2D eigenvalue weighted by atomic mass is 10.1. The summed E-state index contributed by atoms with van der Waals surface area (Å²) < 4.78 is 10.0. The molecule has 1 N–H and O–H groups in total. The molecule has 1 saturated heterocycles. The van der Waals surface area contributed by atoms with Crippen LogP contribution in [0.15, 0.2) is 78.9 Å². The highest BCUT2D eigenvalue weighted by molar-refractivity contribution is 7.80. The summed E-state index contributed by atoms with van der Waals surface area (Å²) in [5.41, 5.74) is 2.62. The molecule has 3 aromatic carbocycles. The minimum Gasteiger partial charge on any atom is -0.462 e. The van der Waals surface area contributed by atoms with Gasteiger partial charge in [0.2, 0.25) is 5.91 Å². The molecule has 9 nitrogen and oxygen atoms in total. The van der Waals surface area contributed by atoms with Crippen molar-refractivity contribution in [3.05, 3.63) is 95.6 Å². The van der Waals surface area contributed by atoms with E-state index < -0.39 is 18.0 Å². The number of esters is 2. The van der Waals surface area contributed by atoms with Gasteiger partial charge in [-0.3, -0.25) is 14.5 Å². The van der Waals surface area contributed by atoms with Crippen LogP contribution in [-0.4, -0.2) is 53.0 Å². The highest BCUT2D eigenvalue weighted by atomic mass is 32.1. The molecule has 0 aliphatic carbocycles.